The molecule has 1 aromatic carbocycles. The van der Waals surface area contributed by atoms with Crippen LogP contribution >= 0.6 is 0 Å². The molecule has 0 fully saturated rings. The molecule has 2 rings (SSSR count). The summed E-state index contributed by atoms with van der Waals surface area (Å²) < 4.78 is 5.23. The maximum absolute atomic E-state index is 12.0. The Morgan fingerprint density at radius 3 is 3.00 bits per heavy atom. The molecule has 4 heteroatoms. The number of ether oxygens (including phenoxy) is 1. The van der Waals surface area contributed by atoms with Crippen LogP contribution in [0.15, 0.2) is 24.3 Å². The predicted octanol–water partition coefficient (Wildman–Crippen LogP) is 0.941. The highest BCUT2D eigenvalue weighted by molar-refractivity contribution is 5.95. The minimum absolute atomic E-state index is 0.131. The normalized spacial score (nSPS) is 13.8. The summed E-state index contributed by atoms with van der Waals surface area (Å²) in [5.41, 5.74) is 7.62. The highest BCUT2D eigenvalue weighted by atomic mass is 16.5. The number of hydrogen-bond acceptors (Lipinski definition) is 3. The molecule has 0 spiro atoms. The van der Waals surface area contributed by atoms with Crippen LogP contribution in [0.25, 0.3) is 0 Å². The van der Waals surface area contributed by atoms with Gasteiger partial charge in [0.2, 0.25) is 5.91 Å². The number of carbonyl (C=O) groups is 1. The third-order valence-electron chi connectivity index (χ3n) is 2.91. The molecule has 1 heterocycles. The summed E-state index contributed by atoms with van der Waals surface area (Å²) in [4.78, 5) is 13.8. The van der Waals surface area contributed by atoms with Crippen LogP contribution in [-0.4, -0.2) is 32.2 Å². The fraction of sp³-hybridized carbons (Fsp3) is 0.462. The molecule has 0 unspecified atom stereocenters. The molecule has 17 heavy (non-hydrogen) atoms. The van der Waals surface area contributed by atoms with Crippen molar-refractivity contribution in [3.63, 3.8) is 0 Å². The standard InChI is InChI=1S/C13H18N2O2/c14-7-10-17-9-6-13(16)15-8-5-11-3-1-2-4-12(11)15/h1-4H,5-10,14H2. The highest BCUT2D eigenvalue weighted by Gasteiger charge is 2.23. The van der Waals surface area contributed by atoms with Crippen molar-refractivity contribution in [3.05, 3.63) is 29.8 Å². The highest BCUT2D eigenvalue weighted by Crippen LogP contribution is 2.27. The lowest BCUT2D eigenvalue weighted by Crippen LogP contribution is -2.29. The lowest BCUT2D eigenvalue weighted by atomic mass is 10.2. The molecule has 0 bridgehead atoms. The van der Waals surface area contributed by atoms with Crippen molar-refractivity contribution in [2.24, 2.45) is 5.73 Å². The SMILES string of the molecule is NCCOCCC(=O)N1CCc2ccccc21. The summed E-state index contributed by atoms with van der Waals surface area (Å²) in [7, 11) is 0. The second-order valence-corrected chi connectivity index (χ2v) is 4.08. The van der Waals surface area contributed by atoms with Crippen molar-refractivity contribution in [3.8, 4) is 0 Å². The molecular formula is C13H18N2O2. The number of amides is 1. The largest absolute Gasteiger partial charge is 0.380 e. The van der Waals surface area contributed by atoms with Crippen LogP contribution in [0.3, 0.4) is 0 Å². The molecular weight excluding hydrogens is 216 g/mol. The van der Waals surface area contributed by atoms with E-state index in [1.807, 2.05) is 23.1 Å². The van der Waals surface area contributed by atoms with E-state index in [1.165, 1.54) is 5.56 Å². The van der Waals surface area contributed by atoms with Crippen molar-refractivity contribution in [1.29, 1.82) is 0 Å². The van der Waals surface area contributed by atoms with Gasteiger partial charge in [-0.15, -0.1) is 0 Å². The van der Waals surface area contributed by atoms with Gasteiger partial charge in [0.25, 0.3) is 0 Å². The molecule has 0 saturated heterocycles. The van der Waals surface area contributed by atoms with E-state index < -0.39 is 0 Å². The zero-order valence-electron chi connectivity index (χ0n) is 9.89. The zero-order chi connectivity index (χ0) is 12.1. The molecule has 0 atom stereocenters. The maximum Gasteiger partial charge on any atom is 0.229 e. The van der Waals surface area contributed by atoms with Gasteiger partial charge in [0.05, 0.1) is 19.6 Å². The van der Waals surface area contributed by atoms with Gasteiger partial charge in [-0.05, 0) is 18.1 Å². The third kappa shape index (κ3) is 2.84. The second-order valence-electron chi connectivity index (χ2n) is 4.08. The number of benzene rings is 1. The topological polar surface area (TPSA) is 55.6 Å². The van der Waals surface area contributed by atoms with Gasteiger partial charge in [-0.2, -0.15) is 0 Å². The number of nitrogens with zero attached hydrogens (tertiary/aromatic N) is 1. The van der Waals surface area contributed by atoms with Crippen molar-refractivity contribution in [1.82, 2.24) is 0 Å². The van der Waals surface area contributed by atoms with Gasteiger partial charge in [-0.1, -0.05) is 18.2 Å². The van der Waals surface area contributed by atoms with E-state index in [1.54, 1.807) is 0 Å². The Morgan fingerprint density at radius 1 is 1.35 bits per heavy atom. The van der Waals surface area contributed by atoms with Crippen LogP contribution in [0.5, 0.6) is 0 Å². The molecule has 92 valence electrons. The fourth-order valence-electron chi connectivity index (χ4n) is 2.08. The monoisotopic (exact) mass is 234 g/mol. The van der Waals surface area contributed by atoms with E-state index in [4.69, 9.17) is 10.5 Å². The van der Waals surface area contributed by atoms with Crippen LogP contribution in [0.4, 0.5) is 5.69 Å². The van der Waals surface area contributed by atoms with E-state index in [0.717, 1.165) is 18.7 Å². The summed E-state index contributed by atoms with van der Waals surface area (Å²) >= 11 is 0. The molecule has 1 aliphatic heterocycles. The molecule has 0 aromatic heterocycles. The molecule has 0 saturated carbocycles. The second kappa shape index (κ2) is 5.80. The summed E-state index contributed by atoms with van der Waals surface area (Å²) in [5.74, 6) is 0.131. The lowest BCUT2D eigenvalue weighted by molar-refractivity contribution is -0.119. The molecule has 1 aliphatic rings. The Kier molecular flexibility index (Phi) is 4.12. The minimum atomic E-state index is 0.131. The van der Waals surface area contributed by atoms with E-state index >= 15 is 0 Å². The van der Waals surface area contributed by atoms with Gasteiger partial charge in [0.1, 0.15) is 0 Å². The van der Waals surface area contributed by atoms with Gasteiger partial charge in [0, 0.05) is 18.8 Å². The quantitative estimate of drug-likeness (QED) is 0.771. The van der Waals surface area contributed by atoms with E-state index in [2.05, 4.69) is 6.07 Å². The first-order valence-electron chi connectivity index (χ1n) is 5.99. The van der Waals surface area contributed by atoms with E-state index in [0.29, 0.717) is 26.2 Å². The van der Waals surface area contributed by atoms with Crippen molar-refractivity contribution in [2.75, 3.05) is 31.2 Å². The minimum Gasteiger partial charge on any atom is -0.380 e. The maximum atomic E-state index is 12.0. The Hall–Kier alpha value is -1.39. The van der Waals surface area contributed by atoms with Crippen LogP contribution < -0.4 is 10.6 Å². The summed E-state index contributed by atoms with van der Waals surface area (Å²) in [6, 6.07) is 8.06. The Labute approximate surface area is 101 Å². The number of hydrogen-bond donors (Lipinski definition) is 1. The Bertz CT molecular complexity index is 393. The summed E-state index contributed by atoms with van der Waals surface area (Å²) in [6.07, 6.45) is 1.37. The fourth-order valence-corrected chi connectivity index (χ4v) is 2.08. The summed E-state index contributed by atoms with van der Waals surface area (Å²) in [5, 5.41) is 0. The van der Waals surface area contributed by atoms with Crippen LogP contribution in [-0.2, 0) is 16.0 Å². The number of fused-ring (bicyclic) bond motifs is 1. The summed E-state index contributed by atoms with van der Waals surface area (Å²) in [6.45, 7) is 2.26. The first-order chi connectivity index (χ1) is 8.33. The van der Waals surface area contributed by atoms with Gasteiger partial charge < -0.3 is 15.4 Å². The number of nitrogens with two attached hydrogens (primary N) is 1. The predicted molar refractivity (Wildman–Crippen MR) is 67.0 cm³/mol. The molecule has 4 nitrogen and oxygen atoms in total. The van der Waals surface area contributed by atoms with Gasteiger partial charge >= 0.3 is 0 Å². The van der Waals surface area contributed by atoms with Crippen LogP contribution in [0.1, 0.15) is 12.0 Å². The molecule has 1 amide bonds. The molecule has 2 N–H and O–H groups in total. The first kappa shape index (κ1) is 12.1. The number of para-hydroxylation sites is 1. The van der Waals surface area contributed by atoms with Crippen molar-refractivity contribution < 1.29 is 9.53 Å². The number of rotatable bonds is 5. The van der Waals surface area contributed by atoms with E-state index in [9.17, 15) is 4.79 Å². The number of carbonyl (C=O) groups excluding carboxylic acids is 1. The van der Waals surface area contributed by atoms with Crippen molar-refractivity contribution >= 4 is 11.6 Å². The van der Waals surface area contributed by atoms with Crippen molar-refractivity contribution in [2.45, 2.75) is 12.8 Å². The first-order valence-corrected chi connectivity index (χ1v) is 5.99. The van der Waals surface area contributed by atoms with Gasteiger partial charge in [-0.3, -0.25) is 4.79 Å². The van der Waals surface area contributed by atoms with Gasteiger partial charge in [-0.25, -0.2) is 0 Å². The average molecular weight is 234 g/mol. The lowest BCUT2D eigenvalue weighted by Gasteiger charge is -2.17. The Balaban J connectivity index is 1.89. The van der Waals surface area contributed by atoms with Gasteiger partial charge in [0.15, 0.2) is 0 Å². The van der Waals surface area contributed by atoms with E-state index in [-0.39, 0.29) is 5.91 Å². The Morgan fingerprint density at radius 2 is 2.18 bits per heavy atom. The average Bonchev–Trinajstić information content (AvgIpc) is 2.78. The smallest absolute Gasteiger partial charge is 0.229 e. The van der Waals surface area contributed by atoms with Crippen LogP contribution in [0, 0.1) is 0 Å². The number of anilines is 1. The third-order valence-corrected chi connectivity index (χ3v) is 2.91. The molecule has 0 aliphatic carbocycles. The zero-order valence-corrected chi connectivity index (χ0v) is 9.89. The molecule has 1 aromatic rings. The van der Waals surface area contributed by atoms with Crippen LogP contribution in [0.2, 0.25) is 0 Å². The molecule has 0 radical (unpaired) electrons.